The summed E-state index contributed by atoms with van der Waals surface area (Å²) < 4.78 is 0. The van der Waals surface area contributed by atoms with E-state index in [9.17, 15) is 4.79 Å². The highest BCUT2D eigenvalue weighted by Gasteiger charge is 2.09. The first-order valence-electron chi connectivity index (χ1n) is 3.59. The molecule has 66 valence electrons. The number of aliphatic carboxylic acids is 1. The van der Waals surface area contributed by atoms with Crippen molar-refractivity contribution in [2.24, 2.45) is 0 Å². The van der Waals surface area contributed by atoms with Crippen LogP contribution in [0.5, 0.6) is 0 Å². The molecule has 0 amide bonds. The molecule has 0 fully saturated rings. The number of thiazole rings is 1. The Morgan fingerprint density at radius 3 is 3.00 bits per heavy atom. The predicted octanol–water partition coefficient (Wildman–Crippen LogP) is 1.05. The average Bonchev–Trinajstić information content (AvgIpc) is 2.51. The van der Waals surface area contributed by atoms with E-state index in [2.05, 4.69) is 4.98 Å². The minimum atomic E-state index is -0.829. The summed E-state index contributed by atoms with van der Waals surface area (Å²) in [5.41, 5.74) is 1.69. The van der Waals surface area contributed by atoms with Crippen LogP contribution in [0.2, 0.25) is 0 Å². The van der Waals surface area contributed by atoms with Gasteiger partial charge in [0.15, 0.2) is 0 Å². The van der Waals surface area contributed by atoms with Gasteiger partial charge in [0.2, 0.25) is 0 Å². The van der Waals surface area contributed by atoms with E-state index in [1.54, 1.807) is 10.4 Å². The molecule has 0 radical (unpaired) electrons. The molecule has 0 saturated carbocycles. The third-order valence-corrected chi connectivity index (χ3v) is 2.03. The van der Waals surface area contributed by atoms with E-state index in [0.29, 0.717) is 6.54 Å². The van der Waals surface area contributed by atoms with E-state index in [-0.39, 0.29) is 6.54 Å². The second-order valence-electron chi connectivity index (χ2n) is 2.25. The molecular weight excluding hydrogens is 176 g/mol. The molecule has 0 unspecified atom stereocenters. The van der Waals surface area contributed by atoms with Gasteiger partial charge < -0.3 is 10.0 Å². The standard InChI is InChI=1S/C7H10N2O2S/c1-2-9(3-7(10)11)6-4-12-5-8-6/h4-5H,2-3H2,1H3,(H,10,11). The number of likely N-dealkylation sites (N-methyl/N-ethyl adjacent to an activating group) is 1. The Labute approximate surface area is 74.5 Å². The Kier molecular flexibility index (Phi) is 3.04. The number of carboxylic acid groups (broad SMARTS) is 1. The van der Waals surface area contributed by atoms with E-state index >= 15 is 0 Å². The fourth-order valence-electron chi connectivity index (χ4n) is 0.880. The molecule has 0 spiro atoms. The molecule has 1 aromatic heterocycles. The smallest absolute Gasteiger partial charge is 0.323 e. The zero-order chi connectivity index (χ0) is 8.97. The molecule has 0 saturated heterocycles. The van der Waals surface area contributed by atoms with Crippen LogP contribution in [-0.4, -0.2) is 29.1 Å². The predicted molar refractivity (Wildman–Crippen MR) is 47.6 cm³/mol. The summed E-state index contributed by atoms with van der Waals surface area (Å²) in [6.07, 6.45) is 0. The summed E-state index contributed by atoms with van der Waals surface area (Å²) in [5.74, 6) is -0.0882. The van der Waals surface area contributed by atoms with E-state index < -0.39 is 5.97 Å². The zero-order valence-electron chi connectivity index (χ0n) is 6.73. The van der Waals surface area contributed by atoms with Crippen molar-refractivity contribution < 1.29 is 9.90 Å². The lowest BCUT2D eigenvalue weighted by Crippen LogP contribution is -2.29. The van der Waals surface area contributed by atoms with Crippen molar-refractivity contribution in [1.29, 1.82) is 0 Å². The molecular formula is C7H10N2O2S. The molecule has 0 aliphatic carbocycles. The molecule has 0 aromatic carbocycles. The SMILES string of the molecule is CCN(CC(=O)O)c1cscn1. The van der Waals surface area contributed by atoms with Crippen molar-refractivity contribution in [3.05, 3.63) is 10.9 Å². The first kappa shape index (κ1) is 8.99. The minimum Gasteiger partial charge on any atom is -0.480 e. The van der Waals surface area contributed by atoms with E-state index in [0.717, 1.165) is 5.82 Å². The van der Waals surface area contributed by atoms with Gasteiger partial charge in [0.25, 0.3) is 0 Å². The maximum atomic E-state index is 10.4. The number of anilines is 1. The van der Waals surface area contributed by atoms with Crippen LogP contribution in [0.15, 0.2) is 10.9 Å². The molecule has 4 nitrogen and oxygen atoms in total. The Morgan fingerprint density at radius 1 is 1.83 bits per heavy atom. The van der Waals surface area contributed by atoms with Gasteiger partial charge in [-0.3, -0.25) is 4.79 Å². The van der Waals surface area contributed by atoms with Gasteiger partial charge in [-0.05, 0) is 6.92 Å². The van der Waals surface area contributed by atoms with Crippen LogP contribution in [0.4, 0.5) is 5.82 Å². The van der Waals surface area contributed by atoms with Crippen LogP contribution in [0.25, 0.3) is 0 Å². The Morgan fingerprint density at radius 2 is 2.58 bits per heavy atom. The van der Waals surface area contributed by atoms with Crippen molar-refractivity contribution >= 4 is 23.1 Å². The second-order valence-corrected chi connectivity index (χ2v) is 2.97. The molecule has 0 aliphatic rings. The average molecular weight is 186 g/mol. The van der Waals surface area contributed by atoms with Crippen LogP contribution in [0.1, 0.15) is 6.92 Å². The van der Waals surface area contributed by atoms with Crippen LogP contribution < -0.4 is 4.90 Å². The van der Waals surface area contributed by atoms with E-state index in [4.69, 9.17) is 5.11 Å². The molecule has 1 heterocycles. The van der Waals surface area contributed by atoms with E-state index in [1.807, 2.05) is 12.3 Å². The zero-order valence-corrected chi connectivity index (χ0v) is 7.54. The van der Waals surface area contributed by atoms with Gasteiger partial charge in [-0.15, -0.1) is 11.3 Å². The Hall–Kier alpha value is -1.10. The van der Waals surface area contributed by atoms with Crippen molar-refractivity contribution in [1.82, 2.24) is 4.98 Å². The third kappa shape index (κ3) is 2.20. The minimum absolute atomic E-state index is 0.0141. The van der Waals surface area contributed by atoms with Crippen LogP contribution in [0, 0.1) is 0 Å². The van der Waals surface area contributed by atoms with Gasteiger partial charge in [0, 0.05) is 11.9 Å². The molecule has 0 atom stereocenters. The summed E-state index contributed by atoms with van der Waals surface area (Å²) in [6, 6.07) is 0. The second kappa shape index (κ2) is 4.06. The fraction of sp³-hybridized carbons (Fsp3) is 0.429. The number of carboxylic acids is 1. The highest BCUT2D eigenvalue weighted by Crippen LogP contribution is 2.12. The van der Waals surface area contributed by atoms with Crippen LogP contribution in [-0.2, 0) is 4.79 Å². The number of nitrogens with zero attached hydrogens (tertiary/aromatic N) is 2. The number of aromatic nitrogens is 1. The lowest BCUT2D eigenvalue weighted by molar-refractivity contribution is -0.135. The highest BCUT2D eigenvalue weighted by molar-refractivity contribution is 7.07. The molecule has 0 aliphatic heterocycles. The van der Waals surface area contributed by atoms with Crippen LogP contribution in [0.3, 0.4) is 0 Å². The lowest BCUT2D eigenvalue weighted by atomic mass is 10.5. The van der Waals surface area contributed by atoms with Gasteiger partial charge in [-0.2, -0.15) is 0 Å². The molecule has 5 heteroatoms. The van der Waals surface area contributed by atoms with Crippen molar-refractivity contribution in [2.75, 3.05) is 18.0 Å². The first-order valence-corrected chi connectivity index (χ1v) is 4.53. The molecule has 1 aromatic rings. The van der Waals surface area contributed by atoms with Gasteiger partial charge in [-0.1, -0.05) is 0 Å². The number of rotatable bonds is 4. The highest BCUT2D eigenvalue weighted by atomic mass is 32.1. The fourth-order valence-corrected chi connectivity index (χ4v) is 1.44. The lowest BCUT2D eigenvalue weighted by Gasteiger charge is -2.16. The maximum Gasteiger partial charge on any atom is 0.323 e. The molecule has 1 N–H and O–H groups in total. The number of hydrogen-bond acceptors (Lipinski definition) is 4. The number of hydrogen-bond donors (Lipinski definition) is 1. The summed E-state index contributed by atoms with van der Waals surface area (Å²) in [4.78, 5) is 16.1. The molecule has 12 heavy (non-hydrogen) atoms. The summed E-state index contributed by atoms with van der Waals surface area (Å²) in [5, 5.41) is 10.4. The van der Waals surface area contributed by atoms with Gasteiger partial charge in [-0.25, -0.2) is 4.98 Å². The maximum absolute atomic E-state index is 10.4. The topological polar surface area (TPSA) is 53.4 Å². The summed E-state index contributed by atoms with van der Waals surface area (Å²) in [7, 11) is 0. The van der Waals surface area contributed by atoms with E-state index in [1.165, 1.54) is 11.3 Å². The Balaban J connectivity index is 2.63. The quantitative estimate of drug-likeness (QED) is 0.763. The van der Waals surface area contributed by atoms with Crippen LogP contribution >= 0.6 is 11.3 Å². The Bertz CT molecular complexity index is 248. The summed E-state index contributed by atoms with van der Waals surface area (Å²) >= 11 is 1.46. The monoisotopic (exact) mass is 186 g/mol. The van der Waals surface area contributed by atoms with Crippen molar-refractivity contribution in [3.63, 3.8) is 0 Å². The van der Waals surface area contributed by atoms with Gasteiger partial charge in [0.05, 0.1) is 5.51 Å². The van der Waals surface area contributed by atoms with Gasteiger partial charge in [0.1, 0.15) is 12.4 Å². The summed E-state index contributed by atoms with van der Waals surface area (Å²) in [6.45, 7) is 2.58. The third-order valence-electron chi connectivity index (χ3n) is 1.45. The largest absolute Gasteiger partial charge is 0.480 e. The van der Waals surface area contributed by atoms with Crippen molar-refractivity contribution in [3.8, 4) is 0 Å². The molecule has 0 bridgehead atoms. The number of carbonyl (C=O) groups is 1. The van der Waals surface area contributed by atoms with Gasteiger partial charge >= 0.3 is 5.97 Å². The molecule has 1 rings (SSSR count). The normalized spacial score (nSPS) is 9.75. The van der Waals surface area contributed by atoms with Crippen molar-refractivity contribution in [2.45, 2.75) is 6.92 Å². The first-order chi connectivity index (χ1) is 5.74.